The lowest BCUT2D eigenvalue weighted by Gasteiger charge is -2.09. The lowest BCUT2D eigenvalue weighted by molar-refractivity contribution is -0.303. The van der Waals surface area contributed by atoms with Crippen LogP contribution in [0.25, 0.3) is 0 Å². The molecule has 0 spiro atoms. The molecule has 0 aliphatic heterocycles. The highest BCUT2D eigenvalue weighted by atomic mass is 16.4. The average Bonchev–Trinajstić information content (AvgIpc) is 2.20. The summed E-state index contributed by atoms with van der Waals surface area (Å²) < 4.78 is 0. The summed E-state index contributed by atoms with van der Waals surface area (Å²) in [6, 6.07) is 0. The standard InChI is InChI=1S/C12H20O4/c1-2-3-4-5-6-7-8-10(12(15)16)9-11(13)14/h9H,2-8H2,1H3,(H,13,14)(H,15,16)/p-2/b10-9-. The maximum atomic E-state index is 10.5. The first-order valence-corrected chi connectivity index (χ1v) is 5.70. The topological polar surface area (TPSA) is 80.3 Å². The van der Waals surface area contributed by atoms with Crippen LogP contribution in [0.5, 0.6) is 0 Å². The number of hydrogen-bond donors (Lipinski definition) is 0. The van der Waals surface area contributed by atoms with Gasteiger partial charge in [0.2, 0.25) is 0 Å². The van der Waals surface area contributed by atoms with E-state index in [4.69, 9.17) is 0 Å². The van der Waals surface area contributed by atoms with E-state index >= 15 is 0 Å². The van der Waals surface area contributed by atoms with E-state index in [2.05, 4.69) is 6.92 Å². The van der Waals surface area contributed by atoms with Gasteiger partial charge in [-0.15, -0.1) is 0 Å². The van der Waals surface area contributed by atoms with Gasteiger partial charge in [0.05, 0.1) is 11.9 Å². The van der Waals surface area contributed by atoms with E-state index in [0.29, 0.717) is 12.5 Å². The van der Waals surface area contributed by atoms with Crippen LogP contribution < -0.4 is 10.2 Å². The highest BCUT2D eigenvalue weighted by Crippen LogP contribution is 2.11. The second-order valence-electron chi connectivity index (χ2n) is 3.79. The molecule has 4 nitrogen and oxygen atoms in total. The minimum Gasteiger partial charge on any atom is -0.545 e. The summed E-state index contributed by atoms with van der Waals surface area (Å²) in [6.07, 6.45) is 6.98. The smallest absolute Gasteiger partial charge is 0.0675 e. The predicted octanol–water partition coefficient (Wildman–Crippen LogP) is 0.163. The molecule has 0 amide bonds. The molecule has 0 heterocycles. The number of aliphatic carboxylic acids is 2. The molecule has 0 aliphatic carbocycles. The summed E-state index contributed by atoms with van der Waals surface area (Å²) >= 11 is 0. The first-order chi connectivity index (χ1) is 7.57. The van der Waals surface area contributed by atoms with Crippen molar-refractivity contribution in [2.45, 2.75) is 51.9 Å². The molecule has 0 fully saturated rings. The fraction of sp³-hybridized carbons (Fsp3) is 0.667. The third-order valence-corrected chi connectivity index (χ3v) is 2.35. The van der Waals surface area contributed by atoms with Crippen molar-refractivity contribution in [3.8, 4) is 0 Å². The Morgan fingerprint density at radius 1 is 1.00 bits per heavy atom. The van der Waals surface area contributed by atoms with Gasteiger partial charge in [-0.25, -0.2) is 0 Å². The highest BCUT2D eigenvalue weighted by Gasteiger charge is 1.99. The third-order valence-electron chi connectivity index (χ3n) is 2.35. The van der Waals surface area contributed by atoms with E-state index < -0.39 is 11.9 Å². The van der Waals surface area contributed by atoms with Gasteiger partial charge >= 0.3 is 0 Å². The number of carboxylic acids is 2. The molecular weight excluding hydrogens is 208 g/mol. The second kappa shape index (κ2) is 8.95. The molecule has 0 aliphatic rings. The van der Waals surface area contributed by atoms with Gasteiger partial charge in [0, 0.05) is 0 Å². The van der Waals surface area contributed by atoms with Crippen LogP contribution in [-0.4, -0.2) is 11.9 Å². The van der Waals surface area contributed by atoms with Crippen molar-refractivity contribution in [2.24, 2.45) is 0 Å². The van der Waals surface area contributed by atoms with Gasteiger partial charge in [0.15, 0.2) is 0 Å². The Morgan fingerprint density at radius 2 is 1.56 bits per heavy atom. The molecule has 16 heavy (non-hydrogen) atoms. The summed E-state index contributed by atoms with van der Waals surface area (Å²) in [7, 11) is 0. The molecule has 0 radical (unpaired) electrons. The minimum absolute atomic E-state index is 0.185. The summed E-state index contributed by atoms with van der Waals surface area (Å²) in [4.78, 5) is 20.7. The summed E-state index contributed by atoms with van der Waals surface area (Å²) in [5, 5.41) is 20.7. The first-order valence-electron chi connectivity index (χ1n) is 5.70. The monoisotopic (exact) mass is 226 g/mol. The summed E-state index contributed by atoms with van der Waals surface area (Å²) in [6.45, 7) is 2.12. The van der Waals surface area contributed by atoms with Gasteiger partial charge in [0.25, 0.3) is 0 Å². The van der Waals surface area contributed by atoms with Crippen molar-refractivity contribution in [1.82, 2.24) is 0 Å². The molecule has 92 valence electrons. The van der Waals surface area contributed by atoms with Crippen LogP contribution in [0.1, 0.15) is 51.9 Å². The van der Waals surface area contributed by atoms with Gasteiger partial charge in [-0.1, -0.05) is 39.0 Å². The Bertz CT molecular complexity index is 256. The zero-order chi connectivity index (χ0) is 12.4. The van der Waals surface area contributed by atoms with Crippen molar-refractivity contribution < 1.29 is 19.8 Å². The molecule has 0 saturated carbocycles. The van der Waals surface area contributed by atoms with Crippen LogP contribution >= 0.6 is 0 Å². The van der Waals surface area contributed by atoms with Gasteiger partial charge in [-0.2, -0.15) is 0 Å². The Labute approximate surface area is 96.0 Å². The largest absolute Gasteiger partial charge is 0.545 e. The molecule has 0 unspecified atom stereocenters. The highest BCUT2D eigenvalue weighted by molar-refractivity contribution is 5.92. The molecule has 0 rings (SSSR count). The van der Waals surface area contributed by atoms with Crippen LogP contribution in [0.2, 0.25) is 0 Å². The lowest BCUT2D eigenvalue weighted by atomic mass is 10.0. The molecular formula is C12H18O4-2. The number of carboxylic acid groups (broad SMARTS) is 2. The van der Waals surface area contributed by atoms with Crippen molar-refractivity contribution in [3.63, 3.8) is 0 Å². The van der Waals surface area contributed by atoms with E-state index in [0.717, 1.165) is 25.7 Å². The minimum atomic E-state index is -1.48. The maximum Gasteiger partial charge on any atom is 0.0675 e. The number of carbonyl (C=O) groups excluding carboxylic acids is 2. The number of unbranched alkanes of at least 4 members (excludes halogenated alkanes) is 5. The number of rotatable bonds is 9. The van der Waals surface area contributed by atoms with Crippen molar-refractivity contribution >= 4 is 11.9 Å². The number of carbonyl (C=O) groups is 2. The molecule has 4 heteroatoms. The Balaban J connectivity index is 3.78. The second-order valence-corrected chi connectivity index (χ2v) is 3.79. The van der Waals surface area contributed by atoms with E-state index in [1.54, 1.807) is 0 Å². The summed E-state index contributed by atoms with van der Waals surface area (Å²) in [5.74, 6) is -2.90. The zero-order valence-corrected chi connectivity index (χ0v) is 9.66. The van der Waals surface area contributed by atoms with Gasteiger partial charge in [0.1, 0.15) is 0 Å². The molecule has 0 aromatic carbocycles. The molecule has 0 bridgehead atoms. The van der Waals surface area contributed by atoms with Crippen LogP contribution in [0, 0.1) is 0 Å². The van der Waals surface area contributed by atoms with E-state index in [-0.39, 0.29) is 12.0 Å². The molecule has 0 N–H and O–H groups in total. The van der Waals surface area contributed by atoms with Crippen LogP contribution in [-0.2, 0) is 9.59 Å². The molecule has 0 saturated heterocycles. The van der Waals surface area contributed by atoms with E-state index in [1.165, 1.54) is 6.42 Å². The fourth-order valence-corrected chi connectivity index (χ4v) is 1.47. The van der Waals surface area contributed by atoms with Crippen LogP contribution in [0.3, 0.4) is 0 Å². The van der Waals surface area contributed by atoms with E-state index in [1.807, 2.05) is 0 Å². The quantitative estimate of drug-likeness (QED) is 0.414. The molecule has 0 atom stereocenters. The normalized spacial score (nSPS) is 11.4. The van der Waals surface area contributed by atoms with Gasteiger partial charge < -0.3 is 19.8 Å². The average molecular weight is 226 g/mol. The van der Waals surface area contributed by atoms with Crippen molar-refractivity contribution in [1.29, 1.82) is 0 Å². The van der Waals surface area contributed by atoms with E-state index in [9.17, 15) is 19.8 Å². The van der Waals surface area contributed by atoms with Crippen molar-refractivity contribution in [2.75, 3.05) is 0 Å². The third kappa shape index (κ3) is 8.03. The maximum absolute atomic E-state index is 10.5. The predicted molar refractivity (Wildman–Crippen MR) is 56.1 cm³/mol. The number of hydrogen-bond acceptors (Lipinski definition) is 4. The van der Waals surface area contributed by atoms with Gasteiger partial charge in [-0.05, 0) is 24.5 Å². The van der Waals surface area contributed by atoms with Crippen LogP contribution in [0.4, 0.5) is 0 Å². The summed E-state index contributed by atoms with van der Waals surface area (Å²) in [5.41, 5.74) is -0.185. The lowest BCUT2D eigenvalue weighted by Crippen LogP contribution is -2.27. The SMILES string of the molecule is CCCCCCCC/C(=C/C(=O)[O-])C(=O)[O-]. The Hall–Kier alpha value is -1.32. The van der Waals surface area contributed by atoms with Crippen molar-refractivity contribution in [3.05, 3.63) is 11.6 Å². The molecule has 0 aromatic rings. The Morgan fingerprint density at radius 3 is 2.06 bits per heavy atom. The van der Waals surface area contributed by atoms with Crippen LogP contribution in [0.15, 0.2) is 11.6 Å². The first kappa shape index (κ1) is 14.7. The zero-order valence-electron chi connectivity index (χ0n) is 9.66. The van der Waals surface area contributed by atoms with Gasteiger partial charge in [-0.3, -0.25) is 0 Å². The Kier molecular flexibility index (Phi) is 8.21. The fourth-order valence-electron chi connectivity index (χ4n) is 1.47. The molecule has 0 aromatic heterocycles.